The van der Waals surface area contributed by atoms with E-state index in [1.165, 1.54) is 12.7 Å². The van der Waals surface area contributed by atoms with Crippen LogP contribution in [0.15, 0.2) is 24.3 Å². The molecular formula is C18H18O4. The van der Waals surface area contributed by atoms with Gasteiger partial charge in [-0.3, -0.25) is 4.79 Å². The van der Waals surface area contributed by atoms with Crippen LogP contribution in [0.2, 0.25) is 0 Å². The zero-order valence-corrected chi connectivity index (χ0v) is 12.5. The molecule has 1 aromatic rings. The molecule has 1 heterocycles. The first-order valence-corrected chi connectivity index (χ1v) is 7.96. The number of esters is 2. The molecule has 22 heavy (non-hydrogen) atoms. The number of fused-ring (bicyclic) bond motifs is 5. The maximum absolute atomic E-state index is 12.1. The van der Waals surface area contributed by atoms with Gasteiger partial charge in [0.25, 0.3) is 0 Å². The van der Waals surface area contributed by atoms with Gasteiger partial charge in [-0.05, 0) is 42.7 Å². The second-order valence-electron chi connectivity index (χ2n) is 7.61. The smallest absolute Gasteiger partial charge is 0.338 e. The van der Waals surface area contributed by atoms with Crippen LogP contribution in [0, 0.1) is 16.7 Å². The van der Waals surface area contributed by atoms with Crippen molar-refractivity contribution in [3.05, 3.63) is 35.4 Å². The van der Waals surface area contributed by atoms with E-state index in [1.54, 1.807) is 0 Å². The molecule has 5 rings (SSSR count). The first-order chi connectivity index (χ1) is 10.6. The van der Waals surface area contributed by atoms with Crippen LogP contribution in [0.5, 0.6) is 0 Å². The van der Waals surface area contributed by atoms with E-state index >= 15 is 0 Å². The largest absolute Gasteiger partial charge is 0.469 e. The third kappa shape index (κ3) is 1.34. The molecule has 114 valence electrons. The third-order valence-electron chi connectivity index (χ3n) is 6.43. The standard InChI is InChI=1S/C18H18O4/c1-21-15(19)10-6-17(7-10)8-18(9-17)13-11-4-2-3-5-12(11)16(20)22-14(13)18/h2-5,10,13-14H,6-9H2,1H3. The first kappa shape index (κ1) is 12.7. The van der Waals surface area contributed by atoms with Crippen molar-refractivity contribution in [1.29, 1.82) is 0 Å². The lowest BCUT2D eigenvalue weighted by atomic mass is 9.46. The van der Waals surface area contributed by atoms with Crippen molar-refractivity contribution in [3.63, 3.8) is 0 Å². The van der Waals surface area contributed by atoms with Gasteiger partial charge in [0.2, 0.25) is 0 Å². The summed E-state index contributed by atoms with van der Waals surface area (Å²) >= 11 is 0. The summed E-state index contributed by atoms with van der Waals surface area (Å²) in [6, 6.07) is 7.84. The number of rotatable bonds is 1. The van der Waals surface area contributed by atoms with Crippen LogP contribution >= 0.6 is 0 Å². The lowest BCUT2D eigenvalue weighted by Gasteiger charge is -2.58. The molecule has 2 unspecified atom stereocenters. The van der Waals surface area contributed by atoms with E-state index in [0.717, 1.165) is 31.2 Å². The Morgan fingerprint density at radius 1 is 1.27 bits per heavy atom. The summed E-state index contributed by atoms with van der Waals surface area (Å²) in [5.74, 6) is 0.217. The molecule has 0 aromatic heterocycles. The van der Waals surface area contributed by atoms with Crippen LogP contribution in [0.3, 0.4) is 0 Å². The molecule has 0 amide bonds. The Kier molecular flexibility index (Phi) is 2.15. The van der Waals surface area contributed by atoms with Crippen LogP contribution in [0.25, 0.3) is 0 Å². The minimum atomic E-state index is -0.171. The summed E-state index contributed by atoms with van der Waals surface area (Å²) in [5.41, 5.74) is 2.37. The number of benzene rings is 1. The fourth-order valence-corrected chi connectivity index (χ4v) is 5.62. The molecular weight excluding hydrogens is 280 g/mol. The molecule has 4 nitrogen and oxygen atoms in total. The number of carbonyl (C=O) groups is 2. The van der Waals surface area contributed by atoms with Gasteiger partial charge >= 0.3 is 11.9 Å². The number of carbonyl (C=O) groups excluding carboxylic acids is 2. The van der Waals surface area contributed by atoms with Crippen molar-refractivity contribution in [2.75, 3.05) is 7.11 Å². The summed E-state index contributed by atoms with van der Waals surface area (Å²) in [5, 5.41) is 0. The average Bonchev–Trinajstić information content (AvgIpc) is 3.10. The van der Waals surface area contributed by atoms with E-state index in [9.17, 15) is 9.59 Å². The zero-order chi connectivity index (χ0) is 15.1. The monoisotopic (exact) mass is 298 g/mol. The normalized spacial score (nSPS) is 43.5. The van der Waals surface area contributed by atoms with E-state index in [1.807, 2.05) is 18.2 Å². The summed E-state index contributed by atoms with van der Waals surface area (Å²) in [7, 11) is 1.46. The second-order valence-corrected chi connectivity index (χ2v) is 7.61. The van der Waals surface area contributed by atoms with Gasteiger partial charge in [0.1, 0.15) is 6.10 Å². The van der Waals surface area contributed by atoms with E-state index in [2.05, 4.69) is 6.07 Å². The van der Waals surface area contributed by atoms with E-state index in [4.69, 9.17) is 9.47 Å². The Balaban J connectivity index is 1.35. The molecule has 3 saturated carbocycles. The summed E-state index contributed by atoms with van der Waals surface area (Å²) < 4.78 is 10.5. The molecule has 0 N–H and O–H groups in total. The molecule has 3 fully saturated rings. The highest BCUT2D eigenvalue weighted by Gasteiger charge is 2.79. The topological polar surface area (TPSA) is 52.6 Å². The second kappa shape index (κ2) is 3.73. The highest BCUT2D eigenvalue weighted by Crippen LogP contribution is 2.81. The highest BCUT2D eigenvalue weighted by molar-refractivity contribution is 5.93. The minimum absolute atomic E-state index is 0.0673. The summed E-state index contributed by atoms with van der Waals surface area (Å²) in [6.45, 7) is 0. The lowest BCUT2D eigenvalue weighted by molar-refractivity contribution is -0.165. The molecule has 2 spiro atoms. The molecule has 1 aliphatic heterocycles. The molecule has 4 aliphatic rings. The van der Waals surface area contributed by atoms with Crippen LogP contribution in [0.1, 0.15) is 47.5 Å². The van der Waals surface area contributed by atoms with Crippen molar-refractivity contribution in [2.24, 2.45) is 16.7 Å². The van der Waals surface area contributed by atoms with Gasteiger partial charge in [0.05, 0.1) is 18.6 Å². The van der Waals surface area contributed by atoms with Crippen molar-refractivity contribution in [1.82, 2.24) is 0 Å². The quantitative estimate of drug-likeness (QED) is 0.748. The fraction of sp³-hybridized carbons (Fsp3) is 0.556. The van der Waals surface area contributed by atoms with Crippen LogP contribution in [0.4, 0.5) is 0 Å². The number of hydrogen-bond donors (Lipinski definition) is 0. The lowest BCUT2D eigenvalue weighted by Crippen LogP contribution is -2.52. The van der Waals surface area contributed by atoms with E-state index in [0.29, 0.717) is 11.3 Å². The van der Waals surface area contributed by atoms with Crippen molar-refractivity contribution in [2.45, 2.75) is 37.7 Å². The Bertz CT molecular complexity index is 693. The fourth-order valence-electron chi connectivity index (χ4n) is 5.62. The van der Waals surface area contributed by atoms with Crippen molar-refractivity contribution in [3.8, 4) is 0 Å². The van der Waals surface area contributed by atoms with Gasteiger partial charge < -0.3 is 9.47 Å². The maximum Gasteiger partial charge on any atom is 0.338 e. The summed E-state index contributed by atoms with van der Waals surface area (Å²) in [4.78, 5) is 23.7. The van der Waals surface area contributed by atoms with Crippen molar-refractivity contribution < 1.29 is 19.1 Å². The molecule has 2 atom stereocenters. The van der Waals surface area contributed by atoms with Crippen LogP contribution in [-0.2, 0) is 14.3 Å². The van der Waals surface area contributed by atoms with E-state index < -0.39 is 0 Å². The predicted molar refractivity (Wildman–Crippen MR) is 77.2 cm³/mol. The molecule has 0 radical (unpaired) electrons. The molecule has 4 heteroatoms. The number of ether oxygens (including phenoxy) is 2. The minimum Gasteiger partial charge on any atom is -0.469 e. The van der Waals surface area contributed by atoms with Gasteiger partial charge in [-0.2, -0.15) is 0 Å². The first-order valence-electron chi connectivity index (χ1n) is 7.96. The zero-order valence-electron chi connectivity index (χ0n) is 12.5. The Morgan fingerprint density at radius 3 is 2.73 bits per heavy atom. The average molecular weight is 298 g/mol. The molecule has 0 bridgehead atoms. The van der Waals surface area contributed by atoms with Crippen LogP contribution in [-0.4, -0.2) is 25.2 Å². The van der Waals surface area contributed by atoms with Crippen molar-refractivity contribution >= 4 is 11.9 Å². The SMILES string of the molecule is COC(=O)C1CC2(C1)CC1(C2)C2OC(=O)c3ccccc3C21. The Hall–Kier alpha value is -1.84. The van der Waals surface area contributed by atoms with Gasteiger partial charge in [0.15, 0.2) is 0 Å². The molecule has 1 aromatic carbocycles. The molecule has 0 saturated heterocycles. The highest BCUT2D eigenvalue weighted by atomic mass is 16.6. The predicted octanol–water partition coefficient (Wildman–Crippen LogP) is 2.67. The number of hydrogen-bond acceptors (Lipinski definition) is 4. The maximum atomic E-state index is 12.1. The Labute approximate surface area is 128 Å². The Morgan fingerprint density at radius 2 is 2.00 bits per heavy atom. The number of methoxy groups -OCH3 is 1. The van der Waals surface area contributed by atoms with Gasteiger partial charge in [0, 0.05) is 11.3 Å². The molecule has 3 aliphatic carbocycles. The van der Waals surface area contributed by atoms with E-state index in [-0.39, 0.29) is 29.4 Å². The van der Waals surface area contributed by atoms with Gasteiger partial charge in [-0.25, -0.2) is 4.79 Å². The van der Waals surface area contributed by atoms with Gasteiger partial charge in [-0.15, -0.1) is 0 Å². The van der Waals surface area contributed by atoms with Gasteiger partial charge in [-0.1, -0.05) is 18.2 Å². The third-order valence-corrected chi connectivity index (χ3v) is 6.43. The van der Waals surface area contributed by atoms with Crippen LogP contribution < -0.4 is 0 Å². The summed E-state index contributed by atoms with van der Waals surface area (Å²) in [6.07, 6.45) is 4.12.